The molecule has 130 valence electrons. The SMILES string of the molecule is Cc1cccc(C(=O)OCC(=O)N2[C@H](C)CCC[C@H]2C)c1[N+](=O)[O-]. The van der Waals surface area contributed by atoms with Gasteiger partial charge in [-0.2, -0.15) is 0 Å². The van der Waals surface area contributed by atoms with Gasteiger partial charge in [0.1, 0.15) is 5.56 Å². The van der Waals surface area contributed by atoms with Crippen LogP contribution in [0.25, 0.3) is 0 Å². The zero-order chi connectivity index (χ0) is 17.9. The first-order valence-electron chi connectivity index (χ1n) is 8.05. The van der Waals surface area contributed by atoms with Crippen molar-refractivity contribution in [1.82, 2.24) is 4.90 Å². The van der Waals surface area contributed by atoms with E-state index in [4.69, 9.17) is 4.74 Å². The highest BCUT2D eigenvalue weighted by Crippen LogP contribution is 2.25. The highest BCUT2D eigenvalue weighted by molar-refractivity contribution is 5.95. The third-order valence-electron chi connectivity index (χ3n) is 4.45. The number of ether oxygens (including phenoxy) is 1. The van der Waals surface area contributed by atoms with E-state index in [2.05, 4.69) is 0 Å². The highest BCUT2D eigenvalue weighted by Gasteiger charge is 2.30. The lowest BCUT2D eigenvalue weighted by molar-refractivity contribution is -0.385. The third kappa shape index (κ3) is 3.72. The molecule has 1 heterocycles. The molecular formula is C17H22N2O5. The molecule has 1 aromatic rings. The van der Waals surface area contributed by atoms with E-state index >= 15 is 0 Å². The minimum atomic E-state index is -0.851. The van der Waals surface area contributed by atoms with Crippen LogP contribution in [0.2, 0.25) is 0 Å². The molecule has 0 aromatic heterocycles. The smallest absolute Gasteiger partial charge is 0.345 e. The predicted octanol–water partition coefficient (Wildman–Crippen LogP) is 2.85. The molecule has 0 bridgehead atoms. The summed E-state index contributed by atoms with van der Waals surface area (Å²) in [6.07, 6.45) is 2.92. The van der Waals surface area contributed by atoms with Gasteiger partial charge in [0.2, 0.25) is 0 Å². The maximum absolute atomic E-state index is 12.4. The second-order valence-corrected chi connectivity index (χ2v) is 6.23. The summed E-state index contributed by atoms with van der Waals surface area (Å²) in [7, 11) is 0. The van der Waals surface area contributed by atoms with E-state index in [1.165, 1.54) is 6.07 Å². The molecule has 0 N–H and O–H groups in total. The standard InChI is InChI=1S/C17H22N2O5/c1-11-6-4-9-14(16(11)19(22)23)17(21)24-10-15(20)18-12(2)7-5-8-13(18)3/h4,6,9,12-13H,5,7-8,10H2,1-3H3/t12-,13-/m1/s1. The molecule has 0 unspecified atom stereocenters. The summed E-state index contributed by atoms with van der Waals surface area (Å²) < 4.78 is 5.05. The van der Waals surface area contributed by atoms with E-state index in [1.807, 2.05) is 13.8 Å². The zero-order valence-electron chi connectivity index (χ0n) is 14.2. The average Bonchev–Trinajstić information content (AvgIpc) is 2.51. The fraction of sp³-hybridized carbons (Fsp3) is 0.529. The highest BCUT2D eigenvalue weighted by atomic mass is 16.6. The molecule has 0 saturated carbocycles. The number of aryl methyl sites for hydroxylation is 1. The second-order valence-electron chi connectivity index (χ2n) is 6.23. The number of amides is 1. The molecule has 1 aliphatic rings. The number of rotatable bonds is 4. The van der Waals surface area contributed by atoms with E-state index in [0.717, 1.165) is 19.3 Å². The van der Waals surface area contributed by atoms with Crippen molar-refractivity contribution in [1.29, 1.82) is 0 Å². The molecule has 7 heteroatoms. The lowest BCUT2D eigenvalue weighted by Crippen LogP contribution is -2.49. The number of hydrogen-bond acceptors (Lipinski definition) is 5. The van der Waals surface area contributed by atoms with Crippen LogP contribution in [-0.4, -0.2) is 40.4 Å². The van der Waals surface area contributed by atoms with E-state index in [-0.39, 0.29) is 29.2 Å². The molecule has 1 aromatic carbocycles. The second kappa shape index (κ2) is 7.42. The van der Waals surface area contributed by atoms with Gasteiger partial charge in [-0.05, 0) is 46.1 Å². The van der Waals surface area contributed by atoms with E-state index in [0.29, 0.717) is 5.56 Å². The summed E-state index contributed by atoms with van der Waals surface area (Å²) in [6, 6.07) is 4.65. The lowest BCUT2D eigenvalue weighted by atomic mass is 9.97. The fourth-order valence-corrected chi connectivity index (χ4v) is 3.26. The largest absolute Gasteiger partial charge is 0.452 e. The number of nitro groups is 1. The van der Waals surface area contributed by atoms with Crippen LogP contribution in [0.3, 0.4) is 0 Å². The molecule has 1 aliphatic heterocycles. The van der Waals surface area contributed by atoms with E-state index in [9.17, 15) is 19.7 Å². The number of hydrogen-bond donors (Lipinski definition) is 0. The van der Waals surface area contributed by atoms with Crippen LogP contribution >= 0.6 is 0 Å². The van der Waals surface area contributed by atoms with Gasteiger partial charge in [0.05, 0.1) is 4.92 Å². The van der Waals surface area contributed by atoms with Crippen molar-refractivity contribution in [2.45, 2.75) is 52.1 Å². The third-order valence-corrected chi connectivity index (χ3v) is 4.45. The first kappa shape index (κ1) is 17.9. The molecule has 2 rings (SSSR count). The Bertz CT molecular complexity index is 648. The number of esters is 1. The summed E-state index contributed by atoms with van der Waals surface area (Å²) in [5, 5.41) is 11.1. The van der Waals surface area contributed by atoms with Gasteiger partial charge in [-0.15, -0.1) is 0 Å². The minimum absolute atomic E-state index is 0.105. The van der Waals surface area contributed by atoms with Crippen LogP contribution in [0, 0.1) is 17.0 Å². The molecule has 1 fully saturated rings. The van der Waals surface area contributed by atoms with Crippen LogP contribution in [0.4, 0.5) is 5.69 Å². The maximum atomic E-state index is 12.4. The van der Waals surface area contributed by atoms with Gasteiger partial charge >= 0.3 is 5.97 Å². The molecule has 1 saturated heterocycles. The van der Waals surface area contributed by atoms with Crippen molar-refractivity contribution in [3.63, 3.8) is 0 Å². The summed E-state index contributed by atoms with van der Waals surface area (Å²) >= 11 is 0. The van der Waals surface area contributed by atoms with Crippen molar-refractivity contribution in [2.24, 2.45) is 0 Å². The first-order chi connectivity index (χ1) is 11.3. The Morgan fingerprint density at radius 3 is 2.50 bits per heavy atom. The Kier molecular flexibility index (Phi) is 5.54. The number of benzene rings is 1. The fourth-order valence-electron chi connectivity index (χ4n) is 3.26. The van der Waals surface area contributed by atoms with E-state index in [1.54, 1.807) is 24.0 Å². The number of carbonyl (C=O) groups is 2. The van der Waals surface area contributed by atoms with Crippen molar-refractivity contribution in [3.05, 3.63) is 39.4 Å². The first-order valence-corrected chi connectivity index (χ1v) is 8.05. The van der Waals surface area contributed by atoms with Gasteiger partial charge in [0, 0.05) is 17.6 Å². The van der Waals surface area contributed by atoms with Crippen LogP contribution in [0.5, 0.6) is 0 Å². The minimum Gasteiger partial charge on any atom is -0.452 e. The van der Waals surface area contributed by atoms with Gasteiger partial charge in [-0.25, -0.2) is 4.79 Å². The van der Waals surface area contributed by atoms with Gasteiger partial charge < -0.3 is 9.64 Å². The normalized spacial score (nSPS) is 20.5. The van der Waals surface area contributed by atoms with Gasteiger partial charge in [0.25, 0.3) is 11.6 Å². The van der Waals surface area contributed by atoms with Crippen LogP contribution < -0.4 is 0 Å². The number of nitrogens with zero attached hydrogens (tertiary/aromatic N) is 2. The Labute approximate surface area is 140 Å². The topological polar surface area (TPSA) is 89.8 Å². The van der Waals surface area contributed by atoms with Crippen molar-refractivity contribution in [3.8, 4) is 0 Å². The van der Waals surface area contributed by atoms with E-state index < -0.39 is 17.5 Å². The number of carbonyl (C=O) groups excluding carboxylic acids is 2. The van der Waals surface area contributed by atoms with Gasteiger partial charge in [0.15, 0.2) is 6.61 Å². The molecule has 1 amide bonds. The Hall–Kier alpha value is -2.44. The summed E-state index contributed by atoms with van der Waals surface area (Å²) in [5.41, 5.74) is -0.0405. The molecule has 0 radical (unpaired) electrons. The zero-order valence-corrected chi connectivity index (χ0v) is 14.2. The molecule has 24 heavy (non-hydrogen) atoms. The predicted molar refractivity (Wildman–Crippen MR) is 87.7 cm³/mol. The monoisotopic (exact) mass is 334 g/mol. The van der Waals surface area contributed by atoms with Crippen LogP contribution in [0.15, 0.2) is 18.2 Å². The molecule has 0 spiro atoms. The number of nitro benzene ring substituents is 1. The van der Waals surface area contributed by atoms with Crippen LogP contribution in [0.1, 0.15) is 49.0 Å². The number of para-hydroxylation sites is 1. The van der Waals surface area contributed by atoms with Crippen molar-refractivity contribution >= 4 is 17.6 Å². The molecule has 7 nitrogen and oxygen atoms in total. The average molecular weight is 334 g/mol. The van der Waals surface area contributed by atoms with Crippen LogP contribution in [-0.2, 0) is 9.53 Å². The Morgan fingerprint density at radius 1 is 1.29 bits per heavy atom. The maximum Gasteiger partial charge on any atom is 0.345 e. The number of likely N-dealkylation sites (tertiary alicyclic amines) is 1. The molecule has 0 aliphatic carbocycles. The Balaban J connectivity index is 2.07. The molecule has 2 atom stereocenters. The quantitative estimate of drug-likeness (QED) is 0.480. The lowest BCUT2D eigenvalue weighted by Gasteiger charge is -2.38. The van der Waals surface area contributed by atoms with Crippen molar-refractivity contribution < 1.29 is 19.2 Å². The number of piperidine rings is 1. The van der Waals surface area contributed by atoms with Gasteiger partial charge in [-0.1, -0.05) is 12.1 Å². The van der Waals surface area contributed by atoms with Crippen molar-refractivity contribution in [2.75, 3.05) is 6.61 Å². The summed E-state index contributed by atoms with van der Waals surface area (Å²) in [5.74, 6) is -1.12. The summed E-state index contributed by atoms with van der Waals surface area (Å²) in [6.45, 7) is 5.09. The summed E-state index contributed by atoms with van der Waals surface area (Å²) in [4.78, 5) is 36.8. The van der Waals surface area contributed by atoms with Gasteiger partial charge in [-0.3, -0.25) is 14.9 Å². The molecular weight excluding hydrogens is 312 g/mol. The Morgan fingerprint density at radius 2 is 1.92 bits per heavy atom.